The molecule has 0 bridgehead atoms. The Kier molecular flexibility index (Phi) is 4.08. The van der Waals surface area contributed by atoms with E-state index in [2.05, 4.69) is 5.16 Å². The summed E-state index contributed by atoms with van der Waals surface area (Å²) in [5, 5.41) is 4.03. The predicted molar refractivity (Wildman–Crippen MR) is 48.3 cm³/mol. The predicted octanol–water partition coefficient (Wildman–Crippen LogP) is 1.83. The van der Waals surface area contributed by atoms with Crippen molar-refractivity contribution in [3.05, 3.63) is 0 Å². The van der Waals surface area contributed by atoms with Crippen molar-refractivity contribution in [3.63, 3.8) is 0 Å². The zero-order valence-corrected chi connectivity index (χ0v) is 7.88. The number of rotatable bonds is 3. The van der Waals surface area contributed by atoms with Gasteiger partial charge >= 0.3 is 0 Å². The van der Waals surface area contributed by atoms with Crippen LogP contribution in [-0.2, 0) is 9.57 Å². The smallest absolute Gasteiger partial charge is 0.114 e. The Labute approximate surface area is 73.7 Å². The first-order valence-corrected chi connectivity index (χ1v) is 4.58. The van der Waals surface area contributed by atoms with Gasteiger partial charge in [-0.1, -0.05) is 5.16 Å². The van der Waals surface area contributed by atoms with Gasteiger partial charge in [-0.25, -0.2) is 0 Å². The van der Waals surface area contributed by atoms with Gasteiger partial charge in [-0.15, -0.1) is 0 Å². The number of hydrogen-bond donors (Lipinski definition) is 0. The molecule has 0 aromatic rings. The first-order chi connectivity index (χ1) is 5.84. The highest BCUT2D eigenvalue weighted by atomic mass is 16.6. The van der Waals surface area contributed by atoms with Gasteiger partial charge in [0, 0.05) is 19.1 Å². The molecule has 1 aliphatic rings. The Morgan fingerprint density at radius 1 is 1.50 bits per heavy atom. The lowest BCUT2D eigenvalue weighted by Crippen LogP contribution is -2.21. The molecule has 0 N–H and O–H groups in total. The Balaban J connectivity index is 2.33. The zero-order chi connectivity index (χ0) is 8.81. The van der Waals surface area contributed by atoms with Crippen molar-refractivity contribution in [1.82, 2.24) is 0 Å². The lowest BCUT2D eigenvalue weighted by molar-refractivity contribution is 0.0804. The summed E-state index contributed by atoms with van der Waals surface area (Å²) in [6.07, 6.45) is 2.17. The van der Waals surface area contributed by atoms with Crippen LogP contribution in [0.1, 0.15) is 26.7 Å². The van der Waals surface area contributed by atoms with Gasteiger partial charge in [0.2, 0.25) is 0 Å². The molecule has 70 valence electrons. The van der Waals surface area contributed by atoms with Crippen molar-refractivity contribution in [1.29, 1.82) is 0 Å². The van der Waals surface area contributed by atoms with Crippen LogP contribution in [0.15, 0.2) is 5.16 Å². The molecule has 1 saturated heterocycles. The first kappa shape index (κ1) is 9.52. The van der Waals surface area contributed by atoms with E-state index >= 15 is 0 Å². The van der Waals surface area contributed by atoms with Crippen LogP contribution in [0, 0.1) is 5.92 Å². The lowest BCUT2D eigenvalue weighted by atomic mass is 9.96. The summed E-state index contributed by atoms with van der Waals surface area (Å²) in [6.45, 7) is 6.36. The van der Waals surface area contributed by atoms with Crippen LogP contribution in [0.5, 0.6) is 0 Å². The monoisotopic (exact) mass is 171 g/mol. The molecule has 0 aromatic carbocycles. The fourth-order valence-electron chi connectivity index (χ4n) is 1.36. The third-order valence-electron chi connectivity index (χ3n) is 2.15. The summed E-state index contributed by atoms with van der Waals surface area (Å²) in [7, 11) is 0. The second-order valence-electron chi connectivity index (χ2n) is 3.04. The molecule has 1 aliphatic heterocycles. The van der Waals surface area contributed by atoms with E-state index in [1.807, 2.05) is 13.8 Å². The maximum absolute atomic E-state index is 5.26. The minimum atomic E-state index is 0.574. The maximum Gasteiger partial charge on any atom is 0.114 e. The summed E-state index contributed by atoms with van der Waals surface area (Å²) >= 11 is 0. The summed E-state index contributed by atoms with van der Waals surface area (Å²) < 4.78 is 5.26. The van der Waals surface area contributed by atoms with Crippen LogP contribution in [0.4, 0.5) is 0 Å². The Hall–Kier alpha value is -0.570. The molecule has 0 amide bonds. The third-order valence-corrected chi connectivity index (χ3v) is 2.15. The number of oxime groups is 1. The van der Waals surface area contributed by atoms with E-state index in [0.717, 1.165) is 31.8 Å². The van der Waals surface area contributed by atoms with Crippen molar-refractivity contribution in [3.8, 4) is 0 Å². The van der Waals surface area contributed by atoms with E-state index in [1.54, 1.807) is 0 Å². The van der Waals surface area contributed by atoms with Crippen molar-refractivity contribution in [2.24, 2.45) is 11.1 Å². The van der Waals surface area contributed by atoms with Crippen LogP contribution in [-0.4, -0.2) is 25.5 Å². The van der Waals surface area contributed by atoms with Gasteiger partial charge in [0.25, 0.3) is 0 Å². The first-order valence-electron chi connectivity index (χ1n) is 4.58. The standard InChI is InChI=1S/C9H17NO2/c1-3-12-10-8(2)9-4-6-11-7-5-9/h9H,3-7H2,1-2H3/b10-8+. The quantitative estimate of drug-likeness (QED) is 0.479. The van der Waals surface area contributed by atoms with Gasteiger partial charge < -0.3 is 9.57 Å². The van der Waals surface area contributed by atoms with Crippen LogP contribution in [0.2, 0.25) is 0 Å². The molecule has 0 radical (unpaired) electrons. The van der Waals surface area contributed by atoms with Crippen LogP contribution < -0.4 is 0 Å². The summed E-state index contributed by atoms with van der Waals surface area (Å²) in [5.74, 6) is 0.574. The van der Waals surface area contributed by atoms with Crippen LogP contribution >= 0.6 is 0 Å². The minimum absolute atomic E-state index is 0.574. The molecule has 12 heavy (non-hydrogen) atoms. The fraction of sp³-hybridized carbons (Fsp3) is 0.889. The molecule has 1 heterocycles. The lowest BCUT2D eigenvalue weighted by Gasteiger charge is -2.21. The third kappa shape index (κ3) is 2.81. The highest BCUT2D eigenvalue weighted by molar-refractivity contribution is 5.83. The number of hydrogen-bond acceptors (Lipinski definition) is 3. The molecular formula is C9H17NO2. The molecule has 0 saturated carbocycles. The molecule has 0 aromatic heterocycles. The van der Waals surface area contributed by atoms with Crippen molar-refractivity contribution in [2.45, 2.75) is 26.7 Å². The Bertz CT molecular complexity index is 151. The average molecular weight is 171 g/mol. The fourth-order valence-corrected chi connectivity index (χ4v) is 1.36. The summed E-state index contributed by atoms with van der Waals surface area (Å²) in [6, 6.07) is 0. The highest BCUT2D eigenvalue weighted by Crippen LogP contribution is 2.16. The van der Waals surface area contributed by atoms with Gasteiger partial charge in [0.05, 0.1) is 5.71 Å². The second-order valence-corrected chi connectivity index (χ2v) is 3.04. The molecule has 3 nitrogen and oxygen atoms in total. The van der Waals surface area contributed by atoms with Crippen molar-refractivity contribution >= 4 is 5.71 Å². The normalized spacial score (nSPS) is 21.0. The largest absolute Gasteiger partial charge is 0.396 e. The van der Waals surface area contributed by atoms with Gasteiger partial charge in [-0.2, -0.15) is 0 Å². The number of nitrogens with zero attached hydrogens (tertiary/aromatic N) is 1. The molecule has 0 spiro atoms. The topological polar surface area (TPSA) is 30.8 Å². The molecule has 3 heteroatoms. The summed E-state index contributed by atoms with van der Waals surface area (Å²) in [5.41, 5.74) is 1.11. The van der Waals surface area contributed by atoms with E-state index < -0.39 is 0 Å². The molecule has 1 rings (SSSR count). The van der Waals surface area contributed by atoms with Crippen LogP contribution in [0.3, 0.4) is 0 Å². The van der Waals surface area contributed by atoms with E-state index in [-0.39, 0.29) is 0 Å². The SMILES string of the molecule is CCO/N=C(\C)C1CCOCC1. The highest BCUT2D eigenvalue weighted by Gasteiger charge is 2.16. The van der Waals surface area contributed by atoms with Crippen LogP contribution in [0.25, 0.3) is 0 Å². The van der Waals surface area contributed by atoms with Crippen molar-refractivity contribution in [2.75, 3.05) is 19.8 Å². The molecule has 0 aliphatic carbocycles. The minimum Gasteiger partial charge on any atom is -0.396 e. The van der Waals surface area contributed by atoms with Gasteiger partial charge in [-0.05, 0) is 26.7 Å². The van der Waals surface area contributed by atoms with Gasteiger partial charge in [0.1, 0.15) is 6.61 Å². The molecule has 0 atom stereocenters. The van der Waals surface area contributed by atoms with E-state index in [1.165, 1.54) is 0 Å². The Morgan fingerprint density at radius 3 is 2.75 bits per heavy atom. The molecular weight excluding hydrogens is 154 g/mol. The molecule has 0 unspecified atom stereocenters. The van der Waals surface area contributed by atoms with Crippen molar-refractivity contribution < 1.29 is 9.57 Å². The second kappa shape index (κ2) is 5.14. The van der Waals surface area contributed by atoms with E-state index in [0.29, 0.717) is 12.5 Å². The van der Waals surface area contributed by atoms with E-state index in [4.69, 9.17) is 9.57 Å². The molecule has 1 fully saturated rings. The van der Waals surface area contributed by atoms with Gasteiger partial charge in [-0.3, -0.25) is 0 Å². The van der Waals surface area contributed by atoms with Gasteiger partial charge in [0.15, 0.2) is 0 Å². The number of ether oxygens (including phenoxy) is 1. The maximum atomic E-state index is 5.26. The summed E-state index contributed by atoms with van der Waals surface area (Å²) in [4.78, 5) is 5.00. The Morgan fingerprint density at radius 2 is 2.17 bits per heavy atom. The zero-order valence-electron chi connectivity index (χ0n) is 7.88. The average Bonchev–Trinajstić information content (AvgIpc) is 2.15. The van der Waals surface area contributed by atoms with E-state index in [9.17, 15) is 0 Å².